The predicted octanol–water partition coefficient (Wildman–Crippen LogP) is 5.46. The molecule has 1 heterocycles. The van der Waals surface area contributed by atoms with Gasteiger partial charge in [-0.05, 0) is 34.5 Å². The van der Waals surface area contributed by atoms with Gasteiger partial charge in [-0.15, -0.1) is 0 Å². The Bertz CT molecular complexity index is 1180. The summed E-state index contributed by atoms with van der Waals surface area (Å²) in [6, 6.07) is 10.5. The Morgan fingerprint density at radius 2 is 1.94 bits per heavy atom. The van der Waals surface area contributed by atoms with Crippen LogP contribution in [-0.2, 0) is 13.2 Å². The smallest absolute Gasteiger partial charge is 0.434 e. The van der Waals surface area contributed by atoms with Crippen molar-refractivity contribution in [2.75, 3.05) is 5.32 Å². The van der Waals surface area contributed by atoms with E-state index in [1.165, 1.54) is 12.1 Å². The summed E-state index contributed by atoms with van der Waals surface area (Å²) in [5.41, 5.74) is -1.31. The highest BCUT2D eigenvalue weighted by Gasteiger charge is 2.39. The van der Waals surface area contributed by atoms with Crippen LogP contribution in [0.3, 0.4) is 0 Å². The number of hydrogen-bond acceptors (Lipinski definition) is 5. The fourth-order valence-electron chi connectivity index (χ4n) is 2.76. The van der Waals surface area contributed by atoms with Crippen LogP contribution in [0.2, 0.25) is 0 Å². The maximum Gasteiger partial charge on any atom is 0.434 e. The van der Waals surface area contributed by atoms with Gasteiger partial charge in [-0.1, -0.05) is 18.2 Å². The number of non-ortho nitro benzene ring substituents is 1. The van der Waals surface area contributed by atoms with Crippen LogP contribution < -0.4 is 10.1 Å². The molecular formula is C19H14BrF3N4O4. The van der Waals surface area contributed by atoms with Gasteiger partial charge < -0.3 is 10.1 Å². The van der Waals surface area contributed by atoms with E-state index in [-0.39, 0.29) is 17.1 Å². The number of aromatic nitrogens is 2. The maximum absolute atomic E-state index is 13.1. The summed E-state index contributed by atoms with van der Waals surface area (Å²) < 4.78 is 45.1. The molecule has 0 bridgehead atoms. The molecule has 0 fully saturated rings. The Morgan fingerprint density at radius 3 is 2.52 bits per heavy atom. The van der Waals surface area contributed by atoms with Crippen LogP contribution in [0.1, 0.15) is 21.7 Å². The summed E-state index contributed by atoms with van der Waals surface area (Å²) in [7, 11) is 1.05. The number of amides is 1. The zero-order valence-electron chi connectivity index (χ0n) is 16.0. The molecule has 1 aromatic heterocycles. The third-order valence-electron chi connectivity index (χ3n) is 4.15. The Morgan fingerprint density at radius 1 is 1.26 bits per heavy atom. The molecule has 0 aliphatic rings. The predicted molar refractivity (Wildman–Crippen MR) is 108 cm³/mol. The quantitative estimate of drug-likeness (QED) is 0.371. The van der Waals surface area contributed by atoms with Crippen molar-refractivity contribution in [2.24, 2.45) is 7.05 Å². The number of nitro groups is 1. The van der Waals surface area contributed by atoms with Gasteiger partial charge in [0.25, 0.3) is 11.6 Å². The molecule has 3 aromatic rings. The lowest BCUT2D eigenvalue weighted by Crippen LogP contribution is -2.14. The highest BCUT2D eigenvalue weighted by atomic mass is 79.9. The number of nitrogens with one attached hydrogen (secondary N) is 1. The highest BCUT2D eigenvalue weighted by Crippen LogP contribution is 2.37. The normalized spacial score (nSPS) is 11.3. The number of nitro benzene ring substituents is 1. The van der Waals surface area contributed by atoms with Crippen molar-refractivity contribution >= 4 is 33.2 Å². The topological polar surface area (TPSA) is 99.3 Å². The minimum Gasteiger partial charge on any atom is -0.457 e. The van der Waals surface area contributed by atoms with Gasteiger partial charge in [0.2, 0.25) is 0 Å². The zero-order chi connectivity index (χ0) is 22.9. The van der Waals surface area contributed by atoms with Crippen molar-refractivity contribution in [3.63, 3.8) is 0 Å². The number of carbonyl (C=O) groups excluding carboxylic acids is 1. The average molecular weight is 499 g/mol. The molecule has 1 amide bonds. The largest absolute Gasteiger partial charge is 0.457 e. The minimum atomic E-state index is -4.74. The highest BCUT2D eigenvalue weighted by molar-refractivity contribution is 9.10. The third kappa shape index (κ3) is 4.85. The van der Waals surface area contributed by atoms with Crippen molar-refractivity contribution in [1.82, 2.24) is 9.78 Å². The first kappa shape index (κ1) is 22.3. The third-order valence-corrected chi connectivity index (χ3v) is 4.91. The number of carbonyl (C=O) groups is 1. The van der Waals surface area contributed by atoms with Gasteiger partial charge >= 0.3 is 6.18 Å². The first-order chi connectivity index (χ1) is 14.5. The summed E-state index contributed by atoms with van der Waals surface area (Å²) in [6.07, 6.45) is -4.74. The number of nitrogens with zero attached hydrogens (tertiary/aromatic N) is 3. The van der Waals surface area contributed by atoms with Crippen LogP contribution >= 0.6 is 15.9 Å². The van der Waals surface area contributed by atoms with Crippen LogP contribution in [0.4, 0.5) is 24.5 Å². The molecule has 3 rings (SSSR count). The number of hydrogen-bond donors (Lipinski definition) is 1. The van der Waals surface area contributed by atoms with Gasteiger partial charge in [0.15, 0.2) is 11.4 Å². The number of benzene rings is 2. The molecule has 0 radical (unpaired) electrons. The molecule has 162 valence electrons. The second-order valence-corrected chi connectivity index (χ2v) is 7.22. The molecule has 0 aliphatic carbocycles. The van der Waals surface area contributed by atoms with E-state index in [1.807, 2.05) is 0 Å². The van der Waals surface area contributed by atoms with Crippen molar-refractivity contribution in [2.45, 2.75) is 13.1 Å². The molecule has 2 aromatic carbocycles. The van der Waals surface area contributed by atoms with Gasteiger partial charge in [0.1, 0.15) is 11.5 Å². The van der Waals surface area contributed by atoms with Crippen LogP contribution in [-0.4, -0.2) is 20.6 Å². The molecular weight excluding hydrogens is 485 g/mol. The molecule has 0 saturated heterocycles. The summed E-state index contributed by atoms with van der Waals surface area (Å²) in [5, 5.41) is 17.2. The lowest BCUT2D eigenvalue weighted by atomic mass is 10.2. The monoisotopic (exact) mass is 498 g/mol. The van der Waals surface area contributed by atoms with E-state index < -0.39 is 32.9 Å². The van der Waals surface area contributed by atoms with Crippen LogP contribution in [0.25, 0.3) is 0 Å². The molecule has 12 heteroatoms. The van der Waals surface area contributed by atoms with E-state index in [0.29, 0.717) is 10.4 Å². The molecule has 0 atom stereocenters. The summed E-state index contributed by atoms with van der Waals surface area (Å²) >= 11 is 2.76. The second kappa shape index (κ2) is 8.38. The van der Waals surface area contributed by atoms with E-state index in [1.54, 1.807) is 31.2 Å². The van der Waals surface area contributed by atoms with Gasteiger partial charge in [-0.25, -0.2) is 0 Å². The van der Waals surface area contributed by atoms with Gasteiger partial charge in [0, 0.05) is 19.2 Å². The summed E-state index contributed by atoms with van der Waals surface area (Å²) in [4.78, 5) is 23.1. The zero-order valence-corrected chi connectivity index (χ0v) is 17.6. The van der Waals surface area contributed by atoms with E-state index in [0.717, 1.165) is 18.7 Å². The molecule has 8 nitrogen and oxygen atoms in total. The Kier molecular flexibility index (Phi) is 6.02. The average Bonchev–Trinajstić information content (AvgIpc) is 2.98. The van der Waals surface area contributed by atoms with Crippen molar-refractivity contribution < 1.29 is 27.6 Å². The number of para-hydroxylation sites is 1. The number of ether oxygens (including phenoxy) is 1. The standard InChI is InChI=1S/C19H14BrF3N4O4/c1-10-5-3-4-6-14(10)31-13-8-11(7-12(9-13)27(29)30)24-18(28)16-15(20)17(19(21,22)23)26(2)25-16/h3-9H,1-2H3,(H,24,28). The lowest BCUT2D eigenvalue weighted by Gasteiger charge is -2.10. The first-order valence-corrected chi connectivity index (χ1v) is 9.40. The van der Waals surface area contributed by atoms with E-state index in [2.05, 4.69) is 26.3 Å². The maximum atomic E-state index is 13.1. The van der Waals surface area contributed by atoms with Crippen molar-refractivity contribution in [3.8, 4) is 11.5 Å². The number of halogens is 4. The molecule has 1 N–H and O–H groups in total. The molecule has 0 saturated carbocycles. The SMILES string of the molecule is Cc1ccccc1Oc1cc(NC(=O)c2nn(C)c(C(F)(F)F)c2Br)cc([N+](=O)[O-])c1. The van der Waals surface area contributed by atoms with Crippen LogP contribution in [0.5, 0.6) is 11.5 Å². The first-order valence-electron chi connectivity index (χ1n) is 8.61. The fraction of sp³-hybridized carbons (Fsp3) is 0.158. The van der Waals surface area contributed by atoms with Crippen molar-refractivity contribution in [1.29, 1.82) is 0 Å². The molecule has 0 aliphatic heterocycles. The van der Waals surface area contributed by atoms with Crippen LogP contribution in [0.15, 0.2) is 46.9 Å². The van der Waals surface area contributed by atoms with E-state index in [4.69, 9.17) is 4.74 Å². The second-order valence-electron chi connectivity index (χ2n) is 6.43. The van der Waals surface area contributed by atoms with Crippen molar-refractivity contribution in [3.05, 3.63) is 74.0 Å². The number of aryl methyl sites for hydroxylation is 2. The fourth-order valence-corrected chi connectivity index (χ4v) is 3.50. The summed E-state index contributed by atoms with van der Waals surface area (Å²) in [6.45, 7) is 1.78. The number of alkyl halides is 3. The van der Waals surface area contributed by atoms with Gasteiger partial charge in [-0.3, -0.25) is 19.6 Å². The Balaban J connectivity index is 1.94. The molecule has 0 unspecified atom stereocenters. The minimum absolute atomic E-state index is 0.0473. The summed E-state index contributed by atoms with van der Waals surface area (Å²) in [5.74, 6) is -0.474. The Labute approximate surface area is 181 Å². The van der Waals surface area contributed by atoms with Gasteiger partial charge in [0.05, 0.1) is 21.1 Å². The Hall–Kier alpha value is -3.41. The molecule has 31 heavy (non-hydrogen) atoms. The van der Waals surface area contributed by atoms with E-state index in [9.17, 15) is 28.1 Å². The van der Waals surface area contributed by atoms with E-state index >= 15 is 0 Å². The lowest BCUT2D eigenvalue weighted by molar-refractivity contribution is -0.384. The number of anilines is 1. The molecule has 0 spiro atoms. The number of rotatable bonds is 5. The van der Waals surface area contributed by atoms with Gasteiger partial charge in [-0.2, -0.15) is 18.3 Å². The van der Waals surface area contributed by atoms with Crippen LogP contribution in [0, 0.1) is 17.0 Å².